The molecule has 0 unspecified atom stereocenters. The minimum absolute atomic E-state index is 0.140. The zero-order valence-electron chi connectivity index (χ0n) is 28.0. The van der Waals surface area contributed by atoms with Gasteiger partial charge >= 0.3 is 0 Å². The van der Waals surface area contributed by atoms with E-state index in [1.54, 1.807) is 6.92 Å². The van der Waals surface area contributed by atoms with E-state index in [-0.39, 0.29) is 5.78 Å². The summed E-state index contributed by atoms with van der Waals surface area (Å²) in [7, 11) is 0. The van der Waals surface area contributed by atoms with Crippen molar-refractivity contribution in [1.29, 1.82) is 0 Å². The normalized spacial score (nSPS) is 11.7. The van der Waals surface area contributed by atoms with Crippen LogP contribution in [0.25, 0.3) is 21.3 Å². The lowest BCUT2D eigenvalue weighted by atomic mass is 10.0. The lowest BCUT2D eigenvalue weighted by molar-refractivity contribution is 0.101. The number of carbonyl (C=O) groups excluding carboxylic acids is 1. The van der Waals surface area contributed by atoms with E-state index in [1.807, 2.05) is 18.3 Å². The van der Waals surface area contributed by atoms with Gasteiger partial charge in [-0.05, 0) is 70.4 Å². The van der Waals surface area contributed by atoms with Crippen LogP contribution in [0.15, 0.2) is 30.3 Å². The largest absolute Gasteiger partial charge is 0.361 e. The van der Waals surface area contributed by atoms with Crippen molar-refractivity contribution < 1.29 is 4.79 Å². The summed E-state index contributed by atoms with van der Waals surface area (Å²) in [6.07, 6.45) is 20.3. The van der Waals surface area contributed by atoms with Crippen molar-refractivity contribution in [2.75, 3.05) is 0 Å². The van der Waals surface area contributed by atoms with Crippen LogP contribution in [0.3, 0.4) is 0 Å². The first-order valence-electron chi connectivity index (χ1n) is 17.2. The minimum Gasteiger partial charge on any atom is -0.361 e. The van der Waals surface area contributed by atoms with Crippen LogP contribution >= 0.6 is 11.3 Å². The molecule has 3 heterocycles. The highest BCUT2D eigenvalue weighted by Crippen LogP contribution is 2.38. The number of aromatic nitrogens is 2. The molecule has 3 nitrogen and oxygen atoms in total. The van der Waals surface area contributed by atoms with Crippen molar-refractivity contribution >= 4 is 27.2 Å². The number of Topliss-reactive ketones (excluding diaryl/α,β-unsaturated/α-hetero) is 1. The number of nitrogens with zero attached hydrogens (tertiary/aromatic N) is 1. The van der Waals surface area contributed by atoms with E-state index >= 15 is 0 Å². The maximum Gasteiger partial charge on any atom is 0.161 e. The second-order valence-electron chi connectivity index (χ2n) is 13.0. The van der Waals surface area contributed by atoms with Gasteiger partial charge < -0.3 is 9.55 Å². The fraction of sp³-hybridized carbons (Fsp3) is 0.564. The average molecular weight is 601 g/mol. The van der Waals surface area contributed by atoms with Gasteiger partial charge in [0.1, 0.15) is 0 Å². The molecule has 0 amide bonds. The van der Waals surface area contributed by atoms with E-state index < -0.39 is 0 Å². The Kier molecular flexibility index (Phi) is 12.8. The van der Waals surface area contributed by atoms with Crippen LogP contribution in [0.2, 0.25) is 0 Å². The number of carbonyl (C=O) groups is 1. The first kappa shape index (κ1) is 33.3. The fourth-order valence-corrected chi connectivity index (χ4v) is 8.16. The van der Waals surface area contributed by atoms with Crippen LogP contribution in [0, 0.1) is 27.7 Å². The van der Waals surface area contributed by atoms with Gasteiger partial charge in [-0.3, -0.25) is 4.79 Å². The fourth-order valence-electron chi connectivity index (χ4n) is 7.06. The van der Waals surface area contributed by atoms with Gasteiger partial charge in [0.15, 0.2) is 5.78 Å². The molecule has 0 saturated heterocycles. The number of benzene rings is 1. The van der Waals surface area contributed by atoms with Gasteiger partial charge in [-0.2, -0.15) is 0 Å². The zero-order valence-corrected chi connectivity index (χ0v) is 28.8. The van der Waals surface area contributed by atoms with Crippen molar-refractivity contribution in [2.24, 2.45) is 0 Å². The van der Waals surface area contributed by atoms with Crippen LogP contribution < -0.4 is 0 Å². The molecule has 0 saturated carbocycles. The molecular formula is C39H56N2OS. The van der Waals surface area contributed by atoms with Gasteiger partial charge in [-0.15, -0.1) is 11.3 Å². The zero-order chi connectivity index (χ0) is 30.8. The van der Waals surface area contributed by atoms with Crippen LogP contribution in [0.1, 0.15) is 147 Å². The van der Waals surface area contributed by atoms with Gasteiger partial charge in [-0.25, -0.2) is 0 Å². The predicted molar refractivity (Wildman–Crippen MR) is 188 cm³/mol. The number of aryl methyl sites for hydroxylation is 3. The Labute approximate surface area is 265 Å². The van der Waals surface area contributed by atoms with Crippen molar-refractivity contribution in [3.05, 3.63) is 69.0 Å². The molecule has 1 aromatic carbocycles. The summed E-state index contributed by atoms with van der Waals surface area (Å²) >= 11 is 1.88. The molecular weight excluding hydrogens is 545 g/mol. The summed E-state index contributed by atoms with van der Waals surface area (Å²) in [6.45, 7) is 13.7. The first-order valence-corrected chi connectivity index (χ1v) is 18.0. The maximum absolute atomic E-state index is 12.2. The predicted octanol–water partition coefficient (Wildman–Crippen LogP) is 12.2. The van der Waals surface area contributed by atoms with Crippen LogP contribution in [0.5, 0.6) is 0 Å². The van der Waals surface area contributed by atoms with E-state index in [0.29, 0.717) is 0 Å². The maximum atomic E-state index is 12.2. The quantitative estimate of drug-likeness (QED) is 0.0843. The van der Waals surface area contributed by atoms with Crippen molar-refractivity contribution in [3.8, 4) is 11.3 Å². The Balaban J connectivity index is 1.32. The SMILES string of the molecule is CCCCCCCCCCCCCCCCn1c(C)cc(C)c1-c1cccc2sc(Cc3[nH]c(C)c(C(C)=O)c3C)cc12. The lowest BCUT2D eigenvalue weighted by Gasteiger charge is -2.14. The molecule has 0 aliphatic carbocycles. The summed E-state index contributed by atoms with van der Waals surface area (Å²) in [5, 5.41) is 1.35. The number of ketones is 1. The molecule has 0 fully saturated rings. The van der Waals surface area contributed by atoms with E-state index in [9.17, 15) is 4.79 Å². The number of fused-ring (bicyclic) bond motifs is 1. The van der Waals surface area contributed by atoms with Gasteiger partial charge in [0.2, 0.25) is 0 Å². The highest BCUT2D eigenvalue weighted by Gasteiger charge is 2.18. The molecule has 0 bridgehead atoms. The second-order valence-corrected chi connectivity index (χ2v) is 14.1. The molecule has 1 N–H and O–H groups in total. The molecule has 0 aliphatic rings. The van der Waals surface area contributed by atoms with Crippen molar-refractivity contribution in [1.82, 2.24) is 9.55 Å². The molecule has 0 aliphatic heterocycles. The van der Waals surface area contributed by atoms with E-state index in [2.05, 4.69) is 67.6 Å². The number of rotatable bonds is 19. The van der Waals surface area contributed by atoms with Crippen LogP contribution in [-0.2, 0) is 13.0 Å². The Morgan fingerprint density at radius 1 is 0.814 bits per heavy atom. The summed E-state index contributed by atoms with van der Waals surface area (Å²) in [4.78, 5) is 17.0. The highest BCUT2D eigenvalue weighted by molar-refractivity contribution is 7.19. The second kappa shape index (κ2) is 16.5. The van der Waals surface area contributed by atoms with E-state index in [1.165, 1.54) is 127 Å². The molecule has 43 heavy (non-hydrogen) atoms. The monoisotopic (exact) mass is 600 g/mol. The standard InChI is InChI=1S/C39H56N2OS/c1-7-8-9-10-11-12-13-14-15-16-17-18-19-20-24-41-29(3)25-28(2)39(41)34-22-21-23-37-35(34)26-33(43-37)27-36-30(4)38(32(6)42)31(5)40-36/h21-23,25-26,40H,7-20,24,27H2,1-6H3. The number of thiophene rings is 1. The number of aromatic amines is 1. The molecule has 0 spiro atoms. The summed E-state index contributed by atoms with van der Waals surface area (Å²) in [6, 6.07) is 11.5. The van der Waals surface area contributed by atoms with Gasteiger partial charge in [0.05, 0.1) is 5.69 Å². The van der Waals surface area contributed by atoms with Gasteiger partial charge in [-0.1, -0.05) is 103 Å². The van der Waals surface area contributed by atoms with Gasteiger partial charge in [0, 0.05) is 56.1 Å². The third-order valence-corrected chi connectivity index (χ3v) is 10.4. The number of H-pyrrole nitrogens is 1. The molecule has 3 aromatic heterocycles. The number of hydrogen-bond donors (Lipinski definition) is 1. The van der Waals surface area contributed by atoms with Gasteiger partial charge in [0.25, 0.3) is 0 Å². The molecule has 0 atom stereocenters. The highest BCUT2D eigenvalue weighted by atomic mass is 32.1. The number of hydrogen-bond acceptors (Lipinski definition) is 2. The Morgan fingerprint density at radius 3 is 2.00 bits per heavy atom. The van der Waals surface area contributed by atoms with Crippen LogP contribution in [0.4, 0.5) is 0 Å². The van der Waals surface area contributed by atoms with E-state index in [0.717, 1.165) is 35.5 Å². The third-order valence-electron chi connectivity index (χ3n) is 9.34. The Bertz CT molecular complexity index is 1470. The van der Waals surface area contributed by atoms with Crippen molar-refractivity contribution in [3.63, 3.8) is 0 Å². The summed E-state index contributed by atoms with van der Waals surface area (Å²) in [5.74, 6) is 0.140. The number of nitrogens with one attached hydrogen (secondary N) is 1. The third kappa shape index (κ3) is 8.75. The molecule has 234 valence electrons. The summed E-state index contributed by atoms with van der Waals surface area (Å²) in [5.41, 5.74) is 9.54. The smallest absolute Gasteiger partial charge is 0.161 e. The molecule has 0 radical (unpaired) electrons. The average Bonchev–Trinajstić information content (AvgIpc) is 3.60. The summed E-state index contributed by atoms with van der Waals surface area (Å²) < 4.78 is 3.90. The molecule has 4 rings (SSSR count). The first-order chi connectivity index (χ1) is 20.8. The minimum atomic E-state index is 0.140. The topological polar surface area (TPSA) is 37.8 Å². The van der Waals surface area contributed by atoms with Crippen molar-refractivity contribution in [2.45, 2.75) is 144 Å². The Morgan fingerprint density at radius 2 is 1.42 bits per heavy atom. The molecule has 4 aromatic rings. The Hall–Kier alpha value is -2.59. The lowest BCUT2D eigenvalue weighted by Crippen LogP contribution is -2.03. The molecule has 4 heteroatoms. The van der Waals surface area contributed by atoms with Crippen LogP contribution in [-0.4, -0.2) is 15.3 Å². The number of unbranched alkanes of at least 4 members (excludes halogenated alkanes) is 13. The van der Waals surface area contributed by atoms with E-state index in [4.69, 9.17) is 0 Å².